The number of H-pyrrole nitrogens is 1. The fourth-order valence-corrected chi connectivity index (χ4v) is 5.06. The number of methoxy groups -OCH3 is 2. The third-order valence-electron chi connectivity index (χ3n) is 7.00. The van der Waals surface area contributed by atoms with Crippen molar-refractivity contribution in [2.45, 2.75) is 38.4 Å². The van der Waals surface area contributed by atoms with Gasteiger partial charge in [-0.1, -0.05) is 12.1 Å². The van der Waals surface area contributed by atoms with Crippen molar-refractivity contribution in [1.29, 1.82) is 0 Å². The number of rotatable bonds is 6. The molecule has 1 unspecified atom stereocenters. The Balaban J connectivity index is 1.48. The number of esters is 1. The molecule has 6 heteroatoms. The van der Waals surface area contributed by atoms with Crippen molar-refractivity contribution >= 4 is 16.9 Å². The van der Waals surface area contributed by atoms with Crippen LogP contribution in [0.5, 0.6) is 5.75 Å². The minimum Gasteiger partial charge on any atom is -0.496 e. The monoisotopic (exact) mass is 433 g/mol. The highest BCUT2D eigenvalue weighted by Crippen LogP contribution is 2.37. The molecule has 6 nitrogen and oxygen atoms in total. The van der Waals surface area contributed by atoms with Gasteiger partial charge < -0.3 is 14.5 Å². The van der Waals surface area contributed by atoms with Gasteiger partial charge in [-0.3, -0.25) is 9.80 Å². The fourth-order valence-electron chi connectivity index (χ4n) is 5.06. The molecule has 168 valence electrons. The van der Waals surface area contributed by atoms with E-state index in [9.17, 15) is 4.79 Å². The summed E-state index contributed by atoms with van der Waals surface area (Å²) in [6, 6.07) is 13.2. The third-order valence-corrected chi connectivity index (χ3v) is 7.00. The largest absolute Gasteiger partial charge is 0.496 e. The highest BCUT2D eigenvalue weighted by atomic mass is 16.5. The smallest absolute Gasteiger partial charge is 0.337 e. The summed E-state index contributed by atoms with van der Waals surface area (Å²) in [5, 5.41) is 1.23. The lowest BCUT2D eigenvalue weighted by atomic mass is 9.98. The Labute approximate surface area is 189 Å². The Morgan fingerprint density at radius 2 is 1.91 bits per heavy atom. The van der Waals surface area contributed by atoms with E-state index < -0.39 is 0 Å². The molecule has 1 atom stereocenters. The van der Waals surface area contributed by atoms with Gasteiger partial charge in [-0.2, -0.15) is 0 Å². The van der Waals surface area contributed by atoms with E-state index in [1.807, 2.05) is 18.3 Å². The van der Waals surface area contributed by atoms with E-state index in [1.54, 1.807) is 7.11 Å². The molecule has 1 aromatic heterocycles. The van der Waals surface area contributed by atoms with Crippen molar-refractivity contribution in [2.75, 3.05) is 33.9 Å². The van der Waals surface area contributed by atoms with Crippen LogP contribution in [-0.4, -0.2) is 60.6 Å². The summed E-state index contributed by atoms with van der Waals surface area (Å²) in [6.07, 6.45) is 4.63. The van der Waals surface area contributed by atoms with E-state index in [4.69, 9.17) is 9.47 Å². The molecule has 3 aromatic rings. The van der Waals surface area contributed by atoms with Gasteiger partial charge in [-0.15, -0.1) is 0 Å². The zero-order valence-electron chi connectivity index (χ0n) is 19.1. The van der Waals surface area contributed by atoms with Crippen LogP contribution in [0.2, 0.25) is 0 Å². The Bertz CT molecular complexity index is 1120. The predicted molar refractivity (Wildman–Crippen MR) is 125 cm³/mol. The Morgan fingerprint density at radius 3 is 2.59 bits per heavy atom. The summed E-state index contributed by atoms with van der Waals surface area (Å²) in [5.41, 5.74) is 5.42. The molecular formula is C26H31N3O3. The third kappa shape index (κ3) is 3.89. The number of carbonyl (C=O) groups excluding carboxylic acids is 1. The molecule has 2 fully saturated rings. The van der Waals surface area contributed by atoms with Crippen molar-refractivity contribution in [3.05, 3.63) is 64.8 Å². The summed E-state index contributed by atoms with van der Waals surface area (Å²) in [5.74, 6) is 0.648. The van der Waals surface area contributed by atoms with Gasteiger partial charge in [0.15, 0.2) is 0 Å². The zero-order chi connectivity index (χ0) is 22.2. The second-order valence-corrected chi connectivity index (χ2v) is 8.97. The number of piperazine rings is 1. The topological polar surface area (TPSA) is 57.8 Å². The number of aromatic amines is 1. The summed E-state index contributed by atoms with van der Waals surface area (Å²) in [7, 11) is 3.17. The lowest BCUT2D eigenvalue weighted by Gasteiger charge is -2.42. The fraction of sp³-hybridized carbons (Fsp3) is 0.423. The zero-order valence-corrected chi connectivity index (χ0v) is 19.1. The van der Waals surface area contributed by atoms with Gasteiger partial charge in [0.25, 0.3) is 0 Å². The van der Waals surface area contributed by atoms with Crippen LogP contribution in [0.4, 0.5) is 0 Å². The number of hydrogen-bond donors (Lipinski definition) is 1. The number of carbonyl (C=O) groups is 1. The summed E-state index contributed by atoms with van der Waals surface area (Å²) >= 11 is 0. The lowest BCUT2D eigenvalue weighted by molar-refractivity contribution is 0.0598. The molecule has 0 amide bonds. The quantitative estimate of drug-likeness (QED) is 0.588. The molecule has 1 saturated carbocycles. The van der Waals surface area contributed by atoms with Crippen LogP contribution in [0.3, 0.4) is 0 Å². The van der Waals surface area contributed by atoms with Crippen LogP contribution in [0.25, 0.3) is 10.9 Å². The standard InChI is InChI=1S/C26H31N3O3/c1-17-14-24(31-2)22(21-10-11-27-25(17)21)15-29-13-12-28(20-8-9-20)16-23(29)18-4-6-19(7-5-18)26(30)32-3/h4-7,10-11,14,20,23,27H,8-9,12-13,15-16H2,1-3H3. The molecule has 1 N–H and O–H groups in total. The van der Waals surface area contributed by atoms with Crippen LogP contribution >= 0.6 is 0 Å². The number of aromatic nitrogens is 1. The van der Waals surface area contributed by atoms with Gasteiger partial charge in [0.05, 0.1) is 19.8 Å². The van der Waals surface area contributed by atoms with Crippen molar-refractivity contribution in [3.63, 3.8) is 0 Å². The van der Waals surface area contributed by atoms with Crippen molar-refractivity contribution in [1.82, 2.24) is 14.8 Å². The predicted octanol–water partition coefficient (Wildman–Crippen LogP) is 4.29. The number of benzene rings is 2. The van der Waals surface area contributed by atoms with Gasteiger partial charge in [0.2, 0.25) is 0 Å². The van der Waals surface area contributed by atoms with Crippen LogP contribution in [0.1, 0.15) is 45.9 Å². The highest BCUT2D eigenvalue weighted by molar-refractivity contribution is 5.89. The van der Waals surface area contributed by atoms with E-state index in [1.165, 1.54) is 47.5 Å². The van der Waals surface area contributed by atoms with Crippen LogP contribution in [0.15, 0.2) is 42.6 Å². The number of aryl methyl sites for hydroxylation is 1. The Kier molecular flexibility index (Phi) is 5.66. The van der Waals surface area contributed by atoms with E-state index in [-0.39, 0.29) is 12.0 Å². The molecule has 0 radical (unpaired) electrons. The molecule has 0 bridgehead atoms. The SMILES string of the molecule is COC(=O)c1ccc(C2CN(C3CC3)CCN2Cc2c(OC)cc(C)c3[nH]ccc23)cc1. The summed E-state index contributed by atoms with van der Waals surface area (Å²) in [6.45, 7) is 6.03. The second-order valence-electron chi connectivity index (χ2n) is 8.97. The van der Waals surface area contributed by atoms with Gasteiger partial charge in [0, 0.05) is 60.9 Å². The van der Waals surface area contributed by atoms with Crippen LogP contribution < -0.4 is 4.74 Å². The Morgan fingerprint density at radius 1 is 1.12 bits per heavy atom. The molecule has 1 aliphatic carbocycles. The number of nitrogens with one attached hydrogen (secondary N) is 1. The maximum Gasteiger partial charge on any atom is 0.337 e. The molecule has 0 spiro atoms. The Hall–Kier alpha value is -2.83. The number of ether oxygens (including phenoxy) is 2. The molecular weight excluding hydrogens is 402 g/mol. The van der Waals surface area contributed by atoms with E-state index in [2.05, 4.69) is 46.0 Å². The molecule has 1 aliphatic heterocycles. The minimum absolute atomic E-state index is 0.260. The van der Waals surface area contributed by atoms with Crippen molar-refractivity contribution in [2.24, 2.45) is 0 Å². The molecule has 32 heavy (non-hydrogen) atoms. The van der Waals surface area contributed by atoms with Crippen molar-refractivity contribution < 1.29 is 14.3 Å². The average Bonchev–Trinajstić information content (AvgIpc) is 3.56. The minimum atomic E-state index is -0.295. The van der Waals surface area contributed by atoms with E-state index >= 15 is 0 Å². The molecule has 2 aliphatic rings. The van der Waals surface area contributed by atoms with E-state index in [0.717, 1.165) is 38.0 Å². The van der Waals surface area contributed by atoms with Gasteiger partial charge in [-0.05, 0) is 55.2 Å². The molecule has 5 rings (SSSR count). The summed E-state index contributed by atoms with van der Waals surface area (Å²) in [4.78, 5) is 20.5. The number of nitrogens with zero attached hydrogens (tertiary/aromatic N) is 2. The second kappa shape index (κ2) is 8.60. The van der Waals surface area contributed by atoms with Gasteiger partial charge in [-0.25, -0.2) is 4.79 Å². The molecule has 2 aromatic carbocycles. The first-order valence-electron chi connectivity index (χ1n) is 11.4. The van der Waals surface area contributed by atoms with E-state index in [0.29, 0.717) is 5.56 Å². The first-order chi connectivity index (χ1) is 15.6. The van der Waals surface area contributed by atoms with Crippen LogP contribution in [0, 0.1) is 6.92 Å². The maximum atomic E-state index is 11.9. The first-order valence-corrected chi connectivity index (χ1v) is 11.4. The van der Waals surface area contributed by atoms with Gasteiger partial charge in [0.1, 0.15) is 5.75 Å². The van der Waals surface area contributed by atoms with Gasteiger partial charge >= 0.3 is 5.97 Å². The number of fused-ring (bicyclic) bond motifs is 1. The highest BCUT2D eigenvalue weighted by Gasteiger charge is 2.36. The average molecular weight is 434 g/mol. The maximum absolute atomic E-state index is 11.9. The normalized spacial score (nSPS) is 19.9. The molecule has 2 heterocycles. The first kappa shape index (κ1) is 21.0. The summed E-state index contributed by atoms with van der Waals surface area (Å²) < 4.78 is 10.7. The van der Waals surface area contributed by atoms with Crippen LogP contribution in [-0.2, 0) is 11.3 Å². The number of hydrogen-bond acceptors (Lipinski definition) is 5. The van der Waals surface area contributed by atoms with Crippen molar-refractivity contribution in [3.8, 4) is 5.75 Å². The lowest BCUT2D eigenvalue weighted by Crippen LogP contribution is -2.48. The molecule has 1 saturated heterocycles.